The van der Waals surface area contributed by atoms with Gasteiger partial charge in [0.1, 0.15) is 0 Å². The van der Waals surface area contributed by atoms with E-state index >= 15 is 0 Å². The minimum Gasteiger partial charge on any atom is -0.478 e. The maximum atomic E-state index is 9.55. The second-order valence-corrected chi connectivity index (χ2v) is 6.73. The third kappa shape index (κ3) is 6.06. The van der Waals surface area contributed by atoms with Crippen LogP contribution in [0, 0.1) is 5.92 Å². The Bertz CT molecular complexity index is 668. The average Bonchev–Trinajstić information content (AvgIpc) is 2.99. The van der Waals surface area contributed by atoms with E-state index in [-0.39, 0.29) is 5.54 Å². The van der Waals surface area contributed by atoms with Gasteiger partial charge in [0.05, 0.1) is 11.9 Å². The largest absolute Gasteiger partial charge is 0.478 e. The third-order valence-corrected chi connectivity index (χ3v) is 4.50. The molecular formula is C19H24N2O4. The Morgan fingerprint density at radius 1 is 1.24 bits per heavy atom. The highest BCUT2D eigenvalue weighted by Crippen LogP contribution is 2.32. The number of nitrogens with zero attached hydrogens (tertiary/aromatic N) is 1. The number of carbonyl (C=O) groups is 2. The molecule has 6 heteroatoms. The van der Waals surface area contributed by atoms with Gasteiger partial charge in [0.2, 0.25) is 0 Å². The van der Waals surface area contributed by atoms with Gasteiger partial charge in [-0.25, -0.2) is 9.59 Å². The van der Waals surface area contributed by atoms with Crippen molar-refractivity contribution in [1.29, 1.82) is 0 Å². The second kappa shape index (κ2) is 8.46. The molecule has 0 amide bonds. The zero-order valence-electron chi connectivity index (χ0n) is 14.3. The summed E-state index contributed by atoms with van der Waals surface area (Å²) in [6.45, 7) is 3.27. The number of hydrogen-bond donors (Lipinski definition) is 3. The molecule has 0 fully saturated rings. The van der Waals surface area contributed by atoms with Crippen molar-refractivity contribution >= 4 is 18.3 Å². The van der Waals surface area contributed by atoms with Crippen molar-refractivity contribution in [3.8, 4) is 0 Å². The van der Waals surface area contributed by atoms with Gasteiger partial charge < -0.3 is 15.5 Å². The number of aryl methyl sites for hydroxylation is 1. The van der Waals surface area contributed by atoms with Crippen molar-refractivity contribution in [2.75, 3.05) is 6.54 Å². The SMILES string of the molecule is CC1(CC2CCc3ccccc3C2)CNC=N1.O=C(O)/C=C/C(=O)O. The molecule has 0 spiro atoms. The van der Waals surface area contributed by atoms with Crippen LogP contribution < -0.4 is 5.32 Å². The summed E-state index contributed by atoms with van der Waals surface area (Å²) in [5, 5.41) is 18.9. The zero-order valence-corrected chi connectivity index (χ0v) is 14.3. The number of nitrogens with one attached hydrogen (secondary N) is 1. The Hall–Kier alpha value is -2.63. The molecule has 0 saturated heterocycles. The molecule has 1 aliphatic carbocycles. The van der Waals surface area contributed by atoms with Gasteiger partial charge in [0.15, 0.2) is 0 Å². The number of fused-ring (bicyclic) bond motifs is 1. The summed E-state index contributed by atoms with van der Waals surface area (Å²) in [7, 11) is 0. The van der Waals surface area contributed by atoms with Crippen molar-refractivity contribution in [3.05, 3.63) is 47.5 Å². The van der Waals surface area contributed by atoms with E-state index in [9.17, 15) is 9.59 Å². The Labute approximate surface area is 147 Å². The lowest BCUT2D eigenvalue weighted by atomic mass is 9.78. The molecule has 1 aromatic carbocycles. The molecule has 2 atom stereocenters. The van der Waals surface area contributed by atoms with Gasteiger partial charge in [-0.15, -0.1) is 0 Å². The Morgan fingerprint density at radius 2 is 1.88 bits per heavy atom. The topological polar surface area (TPSA) is 99.0 Å². The van der Waals surface area contributed by atoms with Gasteiger partial charge >= 0.3 is 11.9 Å². The van der Waals surface area contributed by atoms with E-state index in [1.807, 2.05) is 6.34 Å². The predicted octanol–water partition coefficient (Wildman–Crippen LogP) is 2.28. The molecule has 0 bridgehead atoms. The third-order valence-electron chi connectivity index (χ3n) is 4.50. The first kappa shape index (κ1) is 18.7. The standard InChI is InChI=1S/C15H20N2.C4H4O4/c1-15(10-16-11-17-15)9-12-6-7-13-4-2-3-5-14(13)8-12;5-3(6)1-2-4(7)8/h2-5,11-12H,6-10H2,1H3,(H,16,17);1-2H,(H,5,6)(H,7,8)/b;2-1+. The van der Waals surface area contributed by atoms with Gasteiger partial charge in [-0.3, -0.25) is 4.99 Å². The molecule has 3 rings (SSSR count). The van der Waals surface area contributed by atoms with Crippen LogP contribution in [-0.4, -0.2) is 40.6 Å². The van der Waals surface area contributed by atoms with E-state index in [0.717, 1.165) is 12.5 Å². The van der Waals surface area contributed by atoms with E-state index in [1.165, 1.54) is 25.7 Å². The van der Waals surface area contributed by atoms with E-state index in [0.29, 0.717) is 12.2 Å². The van der Waals surface area contributed by atoms with Crippen molar-refractivity contribution in [1.82, 2.24) is 5.32 Å². The monoisotopic (exact) mass is 344 g/mol. The van der Waals surface area contributed by atoms with E-state index in [2.05, 4.69) is 41.5 Å². The minimum atomic E-state index is -1.26. The van der Waals surface area contributed by atoms with Gasteiger partial charge in [0.25, 0.3) is 0 Å². The highest BCUT2D eigenvalue weighted by atomic mass is 16.4. The fourth-order valence-electron chi connectivity index (χ4n) is 3.35. The van der Waals surface area contributed by atoms with Crippen LogP contribution in [0.4, 0.5) is 0 Å². The van der Waals surface area contributed by atoms with Crippen molar-refractivity contribution in [2.45, 2.75) is 38.1 Å². The number of carboxylic acids is 2. The molecule has 1 heterocycles. The number of carboxylic acid groups (broad SMARTS) is 2. The van der Waals surface area contributed by atoms with Crippen molar-refractivity contribution in [3.63, 3.8) is 0 Å². The lowest BCUT2D eigenvalue weighted by Gasteiger charge is -2.30. The van der Waals surface area contributed by atoms with Crippen LogP contribution in [0.3, 0.4) is 0 Å². The smallest absolute Gasteiger partial charge is 0.328 e. The molecule has 6 nitrogen and oxygen atoms in total. The zero-order chi connectivity index (χ0) is 18.3. The van der Waals surface area contributed by atoms with Crippen LogP contribution in [0.5, 0.6) is 0 Å². The van der Waals surface area contributed by atoms with Crippen LogP contribution >= 0.6 is 0 Å². The molecule has 134 valence electrons. The second-order valence-electron chi connectivity index (χ2n) is 6.73. The summed E-state index contributed by atoms with van der Waals surface area (Å²) < 4.78 is 0. The fourth-order valence-corrected chi connectivity index (χ4v) is 3.35. The normalized spacial score (nSPS) is 24.1. The van der Waals surface area contributed by atoms with Crippen molar-refractivity contribution < 1.29 is 19.8 Å². The van der Waals surface area contributed by atoms with Crippen LogP contribution in [0.15, 0.2) is 41.4 Å². The Kier molecular flexibility index (Phi) is 6.33. The van der Waals surface area contributed by atoms with Gasteiger partial charge in [-0.2, -0.15) is 0 Å². The van der Waals surface area contributed by atoms with Crippen LogP contribution in [0.25, 0.3) is 0 Å². The number of rotatable bonds is 4. The van der Waals surface area contributed by atoms with E-state index < -0.39 is 11.9 Å². The first-order valence-electron chi connectivity index (χ1n) is 8.36. The van der Waals surface area contributed by atoms with Gasteiger partial charge in [-0.1, -0.05) is 24.3 Å². The molecule has 0 saturated carbocycles. The highest BCUT2D eigenvalue weighted by molar-refractivity contribution is 5.89. The Morgan fingerprint density at radius 3 is 2.44 bits per heavy atom. The maximum absolute atomic E-state index is 9.55. The fraction of sp³-hybridized carbons (Fsp3) is 0.421. The summed E-state index contributed by atoms with van der Waals surface area (Å²) in [4.78, 5) is 23.7. The molecule has 0 aromatic heterocycles. The van der Waals surface area contributed by atoms with Crippen LogP contribution in [0.1, 0.15) is 30.9 Å². The summed E-state index contributed by atoms with van der Waals surface area (Å²) in [6, 6.07) is 8.90. The first-order chi connectivity index (χ1) is 11.9. The first-order valence-corrected chi connectivity index (χ1v) is 8.36. The predicted molar refractivity (Wildman–Crippen MR) is 95.9 cm³/mol. The average molecular weight is 344 g/mol. The van der Waals surface area contributed by atoms with Crippen LogP contribution in [-0.2, 0) is 22.4 Å². The molecule has 1 aliphatic heterocycles. The molecule has 2 unspecified atom stereocenters. The lowest BCUT2D eigenvalue weighted by Crippen LogP contribution is -2.32. The molecule has 1 aromatic rings. The van der Waals surface area contributed by atoms with Gasteiger partial charge in [0, 0.05) is 18.7 Å². The number of hydrogen-bond acceptors (Lipinski definition) is 4. The van der Waals surface area contributed by atoms with E-state index in [1.54, 1.807) is 11.1 Å². The minimum absolute atomic E-state index is 0.136. The number of benzene rings is 1. The maximum Gasteiger partial charge on any atom is 0.328 e. The molecular weight excluding hydrogens is 320 g/mol. The van der Waals surface area contributed by atoms with Crippen molar-refractivity contribution in [2.24, 2.45) is 10.9 Å². The molecule has 2 aliphatic rings. The van der Waals surface area contributed by atoms with Gasteiger partial charge in [-0.05, 0) is 49.7 Å². The summed E-state index contributed by atoms with van der Waals surface area (Å²) in [6.07, 6.45) is 8.00. The Balaban J connectivity index is 0.000000242. The highest BCUT2D eigenvalue weighted by Gasteiger charge is 2.31. The van der Waals surface area contributed by atoms with Crippen LogP contribution in [0.2, 0.25) is 0 Å². The number of aliphatic imine (C=N–C) groups is 1. The lowest BCUT2D eigenvalue weighted by molar-refractivity contribution is -0.134. The molecule has 3 N–H and O–H groups in total. The molecule has 0 radical (unpaired) electrons. The van der Waals surface area contributed by atoms with E-state index in [4.69, 9.17) is 10.2 Å². The quantitative estimate of drug-likeness (QED) is 0.728. The molecule has 25 heavy (non-hydrogen) atoms. The summed E-state index contributed by atoms with van der Waals surface area (Å²) >= 11 is 0. The summed E-state index contributed by atoms with van der Waals surface area (Å²) in [5.41, 5.74) is 3.25. The summed E-state index contributed by atoms with van der Waals surface area (Å²) in [5.74, 6) is -1.72. The number of aliphatic carboxylic acids is 2.